The Kier molecular flexibility index (Phi) is 5.56. The van der Waals surface area contributed by atoms with Gasteiger partial charge in [-0.2, -0.15) is 0 Å². The van der Waals surface area contributed by atoms with Crippen LogP contribution in [-0.2, 0) is 6.42 Å². The second-order valence-electron chi connectivity index (χ2n) is 9.89. The highest BCUT2D eigenvalue weighted by Gasteiger charge is 2.44. The van der Waals surface area contributed by atoms with Crippen molar-refractivity contribution in [1.29, 1.82) is 0 Å². The van der Waals surface area contributed by atoms with Crippen LogP contribution in [-0.4, -0.2) is 48.6 Å². The zero-order valence-electron chi connectivity index (χ0n) is 17.1. The van der Waals surface area contributed by atoms with E-state index < -0.39 is 0 Å². The van der Waals surface area contributed by atoms with Gasteiger partial charge in [0, 0.05) is 25.7 Å². The fourth-order valence-corrected chi connectivity index (χ4v) is 6.68. The Balaban J connectivity index is 1.18. The van der Waals surface area contributed by atoms with Crippen molar-refractivity contribution in [1.82, 2.24) is 9.80 Å². The molecule has 27 heavy (non-hydrogen) atoms. The van der Waals surface area contributed by atoms with Crippen LogP contribution >= 0.6 is 0 Å². The molecule has 0 aromatic heterocycles. The summed E-state index contributed by atoms with van der Waals surface area (Å²) in [6, 6.07) is 10.8. The van der Waals surface area contributed by atoms with Gasteiger partial charge in [-0.1, -0.05) is 43.5 Å². The van der Waals surface area contributed by atoms with Crippen molar-refractivity contribution in [2.75, 3.05) is 32.7 Å². The molecule has 148 valence electrons. The summed E-state index contributed by atoms with van der Waals surface area (Å²) in [5.41, 5.74) is 3.17. The molecule has 4 fully saturated rings. The molecular formula is C25H38N2. The average Bonchev–Trinajstić information content (AvgIpc) is 3.45. The molecule has 1 aromatic carbocycles. The molecule has 0 amide bonds. The van der Waals surface area contributed by atoms with Crippen LogP contribution in [0.3, 0.4) is 0 Å². The molecule has 2 heteroatoms. The number of hydrogen-bond acceptors (Lipinski definition) is 2. The third-order valence-corrected chi connectivity index (χ3v) is 8.30. The molecule has 0 bridgehead atoms. The van der Waals surface area contributed by atoms with Gasteiger partial charge in [-0.05, 0) is 86.9 Å². The normalized spacial score (nSPS) is 33.0. The predicted octanol–water partition coefficient (Wildman–Crippen LogP) is 5.08. The molecule has 2 saturated heterocycles. The Morgan fingerprint density at radius 2 is 1.56 bits per heavy atom. The van der Waals surface area contributed by atoms with Crippen molar-refractivity contribution < 1.29 is 0 Å². The predicted molar refractivity (Wildman–Crippen MR) is 113 cm³/mol. The molecule has 2 aliphatic heterocycles. The minimum Gasteiger partial charge on any atom is -0.303 e. The lowest BCUT2D eigenvalue weighted by molar-refractivity contribution is 0.176. The summed E-state index contributed by atoms with van der Waals surface area (Å²) in [7, 11) is 0. The first-order valence-corrected chi connectivity index (χ1v) is 11.9. The minimum atomic E-state index is 0.830. The molecule has 1 aromatic rings. The van der Waals surface area contributed by atoms with E-state index in [1.54, 1.807) is 5.56 Å². The van der Waals surface area contributed by atoms with Crippen molar-refractivity contribution in [2.45, 2.75) is 76.2 Å². The number of fused-ring (bicyclic) bond motifs is 1. The summed E-state index contributed by atoms with van der Waals surface area (Å²) >= 11 is 0. The van der Waals surface area contributed by atoms with Gasteiger partial charge in [0.15, 0.2) is 0 Å². The van der Waals surface area contributed by atoms with Gasteiger partial charge in [0.2, 0.25) is 0 Å². The number of likely N-dealkylation sites (tertiary alicyclic amines) is 2. The highest BCUT2D eigenvalue weighted by atomic mass is 15.2. The van der Waals surface area contributed by atoms with E-state index in [4.69, 9.17) is 0 Å². The maximum Gasteiger partial charge on any atom is 0.00954 e. The molecule has 3 atom stereocenters. The quantitative estimate of drug-likeness (QED) is 0.717. The first-order valence-electron chi connectivity index (χ1n) is 11.9. The summed E-state index contributed by atoms with van der Waals surface area (Å²) in [6.45, 7) is 6.68. The zero-order valence-corrected chi connectivity index (χ0v) is 17.1. The van der Waals surface area contributed by atoms with Crippen molar-refractivity contribution in [3.8, 4) is 0 Å². The second-order valence-corrected chi connectivity index (χ2v) is 9.89. The first-order chi connectivity index (χ1) is 13.4. The number of nitrogens with zero attached hydrogens (tertiary/aromatic N) is 2. The van der Waals surface area contributed by atoms with Crippen LogP contribution in [0.15, 0.2) is 24.3 Å². The first kappa shape index (κ1) is 18.2. The van der Waals surface area contributed by atoms with E-state index in [0.29, 0.717) is 0 Å². The molecule has 0 N–H and O–H groups in total. The van der Waals surface area contributed by atoms with Crippen LogP contribution in [0.4, 0.5) is 0 Å². The van der Waals surface area contributed by atoms with Gasteiger partial charge in [0.25, 0.3) is 0 Å². The van der Waals surface area contributed by atoms with Gasteiger partial charge < -0.3 is 4.90 Å². The summed E-state index contributed by atoms with van der Waals surface area (Å²) < 4.78 is 0. The molecule has 0 spiro atoms. The summed E-state index contributed by atoms with van der Waals surface area (Å²) in [5, 5.41) is 0. The van der Waals surface area contributed by atoms with E-state index in [-0.39, 0.29) is 0 Å². The Morgan fingerprint density at radius 1 is 0.778 bits per heavy atom. The zero-order chi connectivity index (χ0) is 18.1. The van der Waals surface area contributed by atoms with Gasteiger partial charge in [0.05, 0.1) is 0 Å². The van der Waals surface area contributed by atoms with Crippen molar-refractivity contribution in [3.05, 3.63) is 35.4 Å². The van der Waals surface area contributed by atoms with Crippen LogP contribution < -0.4 is 0 Å². The van der Waals surface area contributed by atoms with Crippen LogP contribution in [0, 0.1) is 11.8 Å². The smallest absolute Gasteiger partial charge is 0.00954 e. The lowest BCUT2D eigenvalue weighted by Gasteiger charge is -2.32. The van der Waals surface area contributed by atoms with Gasteiger partial charge in [-0.3, -0.25) is 4.90 Å². The standard InChI is InChI=1S/C25H38N2/c1-2-6-23(7-3-1)27-18-22-12-13-24(25(22)19-27)21-10-8-20(9-11-21)14-17-26-15-4-5-16-26/h8-11,22-25H,1-7,12-19H2. The van der Waals surface area contributed by atoms with Crippen LogP contribution in [0.5, 0.6) is 0 Å². The molecular weight excluding hydrogens is 328 g/mol. The highest BCUT2D eigenvalue weighted by molar-refractivity contribution is 5.28. The van der Waals surface area contributed by atoms with Crippen molar-refractivity contribution in [2.24, 2.45) is 11.8 Å². The minimum absolute atomic E-state index is 0.830. The van der Waals surface area contributed by atoms with Crippen molar-refractivity contribution in [3.63, 3.8) is 0 Å². The molecule has 2 nitrogen and oxygen atoms in total. The van der Waals surface area contributed by atoms with E-state index in [0.717, 1.165) is 23.8 Å². The largest absolute Gasteiger partial charge is 0.303 e. The molecule has 0 radical (unpaired) electrons. The monoisotopic (exact) mass is 366 g/mol. The third-order valence-electron chi connectivity index (χ3n) is 8.30. The molecule has 2 saturated carbocycles. The maximum atomic E-state index is 2.89. The number of rotatable bonds is 5. The second kappa shape index (κ2) is 8.25. The van der Waals surface area contributed by atoms with E-state index in [9.17, 15) is 0 Å². The maximum absolute atomic E-state index is 2.89. The SMILES string of the molecule is c1cc(C2CCC3CN(C4CCCCC4)CC32)ccc1CCN1CCCC1. The summed E-state index contributed by atoms with van der Waals surface area (Å²) in [4.78, 5) is 5.53. The highest BCUT2D eigenvalue weighted by Crippen LogP contribution is 2.48. The molecule has 4 aliphatic rings. The summed E-state index contributed by atoms with van der Waals surface area (Å²) in [6.07, 6.45) is 14.3. The fraction of sp³-hybridized carbons (Fsp3) is 0.760. The summed E-state index contributed by atoms with van der Waals surface area (Å²) in [5.74, 6) is 2.74. The van der Waals surface area contributed by atoms with E-state index in [1.807, 2.05) is 0 Å². The van der Waals surface area contributed by atoms with E-state index >= 15 is 0 Å². The number of benzene rings is 1. The van der Waals surface area contributed by atoms with Crippen LogP contribution in [0.25, 0.3) is 0 Å². The lowest BCUT2D eigenvalue weighted by Crippen LogP contribution is -2.35. The van der Waals surface area contributed by atoms with Gasteiger partial charge in [0.1, 0.15) is 0 Å². The lowest BCUT2D eigenvalue weighted by atomic mass is 9.86. The fourth-order valence-electron chi connectivity index (χ4n) is 6.68. The van der Waals surface area contributed by atoms with E-state index in [1.165, 1.54) is 102 Å². The molecule has 2 heterocycles. The van der Waals surface area contributed by atoms with E-state index in [2.05, 4.69) is 34.1 Å². The Morgan fingerprint density at radius 3 is 2.33 bits per heavy atom. The van der Waals surface area contributed by atoms with Gasteiger partial charge >= 0.3 is 0 Å². The molecule has 3 unspecified atom stereocenters. The van der Waals surface area contributed by atoms with Crippen molar-refractivity contribution >= 4 is 0 Å². The molecule has 5 rings (SSSR count). The van der Waals surface area contributed by atoms with Crippen LogP contribution in [0.2, 0.25) is 0 Å². The molecule has 2 aliphatic carbocycles. The number of hydrogen-bond donors (Lipinski definition) is 0. The van der Waals surface area contributed by atoms with Crippen LogP contribution in [0.1, 0.15) is 74.8 Å². The topological polar surface area (TPSA) is 6.48 Å². The van der Waals surface area contributed by atoms with Gasteiger partial charge in [-0.25, -0.2) is 0 Å². The Labute approximate surface area is 166 Å². The average molecular weight is 367 g/mol. The van der Waals surface area contributed by atoms with Gasteiger partial charge in [-0.15, -0.1) is 0 Å². The Hall–Kier alpha value is -0.860. The third kappa shape index (κ3) is 3.98. The Bertz CT molecular complexity index is 597.